The first-order valence-corrected chi connectivity index (χ1v) is 13.7. The van der Waals surface area contributed by atoms with Gasteiger partial charge in [-0.1, -0.05) is 45.7 Å². The van der Waals surface area contributed by atoms with Gasteiger partial charge in [0.15, 0.2) is 5.82 Å². The maximum absolute atomic E-state index is 13.9. The average molecular weight is 471 g/mol. The van der Waals surface area contributed by atoms with Gasteiger partial charge in [-0.05, 0) is 61.7 Å². The largest absolute Gasteiger partial charge is 0.351 e. The van der Waals surface area contributed by atoms with Crippen LogP contribution in [0.4, 0.5) is 0 Å². The second-order valence-electron chi connectivity index (χ2n) is 10.1. The minimum absolute atomic E-state index is 0.0357. The van der Waals surface area contributed by atoms with E-state index >= 15 is 0 Å². The number of hydrogen-bond acceptors (Lipinski definition) is 4. The van der Waals surface area contributed by atoms with Crippen molar-refractivity contribution in [1.29, 1.82) is 0 Å². The van der Waals surface area contributed by atoms with Gasteiger partial charge in [0, 0.05) is 12.6 Å². The molecule has 2 amide bonds. The van der Waals surface area contributed by atoms with Gasteiger partial charge in [0.2, 0.25) is 5.91 Å². The van der Waals surface area contributed by atoms with Crippen molar-refractivity contribution in [3.63, 3.8) is 0 Å². The summed E-state index contributed by atoms with van der Waals surface area (Å²) in [4.78, 5) is 34.0. The van der Waals surface area contributed by atoms with Gasteiger partial charge in [-0.2, -0.15) is 11.8 Å². The van der Waals surface area contributed by atoms with Crippen molar-refractivity contribution in [3.05, 3.63) is 30.1 Å². The summed E-state index contributed by atoms with van der Waals surface area (Å²) in [5, 5.41) is 3.37. The van der Waals surface area contributed by atoms with Gasteiger partial charge in [-0.25, -0.2) is 4.98 Å². The predicted octanol–water partition coefficient (Wildman–Crippen LogP) is 4.73. The van der Waals surface area contributed by atoms with E-state index in [9.17, 15) is 9.59 Å². The molecule has 1 aliphatic carbocycles. The Kier molecular flexibility index (Phi) is 7.37. The zero-order valence-corrected chi connectivity index (χ0v) is 21.3. The van der Waals surface area contributed by atoms with Crippen molar-refractivity contribution in [2.24, 2.45) is 11.8 Å². The molecule has 0 bridgehead atoms. The molecule has 1 N–H and O–H groups in total. The molecule has 7 heteroatoms. The summed E-state index contributed by atoms with van der Waals surface area (Å²) in [7, 11) is 0. The Labute approximate surface area is 201 Å². The van der Waals surface area contributed by atoms with Crippen LogP contribution in [0.1, 0.15) is 70.4 Å². The summed E-state index contributed by atoms with van der Waals surface area (Å²) in [6, 6.07) is 7.98. The van der Waals surface area contributed by atoms with Gasteiger partial charge < -0.3 is 14.8 Å². The number of amides is 2. The second kappa shape index (κ2) is 10.1. The molecule has 0 saturated heterocycles. The lowest BCUT2D eigenvalue weighted by molar-refractivity contribution is -0.134. The monoisotopic (exact) mass is 470 g/mol. The highest BCUT2D eigenvalue weighted by molar-refractivity contribution is 7.99. The molecule has 4 atom stereocenters. The van der Waals surface area contributed by atoms with Crippen molar-refractivity contribution in [2.45, 2.75) is 77.9 Å². The van der Waals surface area contributed by atoms with E-state index in [0.717, 1.165) is 48.2 Å². The molecule has 0 unspecified atom stereocenters. The third-order valence-electron chi connectivity index (χ3n) is 7.68. The van der Waals surface area contributed by atoms with Gasteiger partial charge in [0.25, 0.3) is 5.91 Å². The Morgan fingerprint density at radius 2 is 2.03 bits per heavy atom. The van der Waals surface area contributed by atoms with E-state index in [0.29, 0.717) is 30.7 Å². The van der Waals surface area contributed by atoms with E-state index in [4.69, 9.17) is 0 Å². The standard InChI is InChI=1S/C26H38N4O2S/c1-5-15-33-16-9-14-30-24(31)23-27-21-11-6-7-13-22(21)29(23)17-26(30,4)25(32)28-20-12-8-10-18(2)19(20)3/h6-7,11,13,18-20H,5,8-10,12,14-17H2,1-4H3,(H,28,32)/t18-,19+,20-,26-/m1/s1. The van der Waals surface area contributed by atoms with Crippen LogP contribution in [0.2, 0.25) is 0 Å². The van der Waals surface area contributed by atoms with E-state index in [1.807, 2.05) is 47.5 Å². The van der Waals surface area contributed by atoms with Crippen LogP contribution in [0.15, 0.2) is 24.3 Å². The molecule has 1 aromatic carbocycles. The van der Waals surface area contributed by atoms with Gasteiger partial charge in [-0.3, -0.25) is 9.59 Å². The van der Waals surface area contributed by atoms with E-state index in [2.05, 4.69) is 31.1 Å². The van der Waals surface area contributed by atoms with E-state index in [1.54, 1.807) is 4.90 Å². The number of imidazole rings is 1. The van der Waals surface area contributed by atoms with Gasteiger partial charge >= 0.3 is 0 Å². The molecule has 33 heavy (non-hydrogen) atoms. The molecule has 1 fully saturated rings. The van der Waals surface area contributed by atoms with Crippen molar-refractivity contribution in [3.8, 4) is 0 Å². The molecule has 1 saturated carbocycles. The topological polar surface area (TPSA) is 67.2 Å². The van der Waals surface area contributed by atoms with Crippen LogP contribution in [-0.2, 0) is 11.3 Å². The average Bonchev–Trinajstić information content (AvgIpc) is 3.17. The van der Waals surface area contributed by atoms with Crippen LogP contribution >= 0.6 is 11.8 Å². The highest BCUT2D eigenvalue weighted by Crippen LogP contribution is 2.33. The number of nitrogens with one attached hydrogen (secondary N) is 1. The zero-order chi connectivity index (χ0) is 23.6. The maximum Gasteiger partial charge on any atom is 0.290 e. The van der Waals surface area contributed by atoms with E-state index < -0.39 is 5.54 Å². The molecule has 0 radical (unpaired) electrons. The van der Waals surface area contributed by atoms with Crippen LogP contribution in [0, 0.1) is 11.8 Å². The van der Waals surface area contributed by atoms with Crippen molar-refractivity contribution < 1.29 is 9.59 Å². The molecular weight excluding hydrogens is 432 g/mol. The van der Waals surface area contributed by atoms with E-state index in [1.165, 1.54) is 6.42 Å². The summed E-state index contributed by atoms with van der Waals surface area (Å²) in [5.41, 5.74) is 0.778. The van der Waals surface area contributed by atoms with Crippen LogP contribution in [-0.4, -0.2) is 55.9 Å². The molecular formula is C26H38N4O2S. The number of carbonyl (C=O) groups excluding carboxylic acids is 2. The summed E-state index contributed by atoms with van der Waals surface area (Å²) in [5.74, 6) is 3.42. The minimum Gasteiger partial charge on any atom is -0.351 e. The first kappa shape index (κ1) is 24.1. The van der Waals surface area contributed by atoms with Crippen molar-refractivity contribution >= 4 is 34.6 Å². The normalized spacial score (nSPS) is 27.6. The molecule has 4 rings (SSSR count). The lowest BCUT2D eigenvalue weighted by atomic mass is 9.77. The van der Waals surface area contributed by atoms with E-state index in [-0.39, 0.29) is 17.9 Å². The van der Waals surface area contributed by atoms with Gasteiger partial charge in [-0.15, -0.1) is 0 Å². The lowest BCUT2D eigenvalue weighted by Gasteiger charge is -2.45. The Balaban J connectivity index is 1.62. The molecule has 0 spiro atoms. The molecule has 2 aliphatic rings. The second-order valence-corrected chi connectivity index (χ2v) is 11.3. The first-order valence-electron chi connectivity index (χ1n) is 12.5. The number of hydrogen-bond donors (Lipinski definition) is 1. The molecule has 180 valence electrons. The number of thioether (sulfide) groups is 1. The summed E-state index contributed by atoms with van der Waals surface area (Å²) in [6.45, 7) is 9.64. The SMILES string of the molecule is CCCSCCCN1C(=O)c2nc3ccccc3n2C[C@]1(C)C(=O)N[C@@H]1CCC[C@@H](C)[C@@H]1C. The minimum atomic E-state index is -0.941. The first-order chi connectivity index (χ1) is 15.9. The maximum atomic E-state index is 13.9. The Morgan fingerprint density at radius 1 is 1.24 bits per heavy atom. The number of para-hydroxylation sites is 2. The summed E-state index contributed by atoms with van der Waals surface area (Å²) >= 11 is 1.91. The summed E-state index contributed by atoms with van der Waals surface area (Å²) < 4.78 is 1.95. The third kappa shape index (κ3) is 4.66. The quantitative estimate of drug-likeness (QED) is 0.567. The molecule has 2 heterocycles. The fourth-order valence-electron chi connectivity index (χ4n) is 5.36. The number of rotatable bonds is 8. The third-order valence-corrected chi connectivity index (χ3v) is 8.96. The van der Waals surface area contributed by atoms with Crippen molar-refractivity contribution in [1.82, 2.24) is 19.8 Å². The number of carbonyl (C=O) groups is 2. The molecule has 1 aliphatic heterocycles. The predicted molar refractivity (Wildman–Crippen MR) is 136 cm³/mol. The Hall–Kier alpha value is -2.02. The Morgan fingerprint density at radius 3 is 2.82 bits per heavy atom. The fraction of sp³-hybridized carbons (Fsp3) is 0.654. The van der Waals surface area contributed by atoms with Crippen LogP contribution in [0.3, 0.4) is 0 Å². The molecule has 2 aromatic rings. The van der Waals surface area contributed by atoms with Crippen LogP contribution in [0.25, 0.3) is 11.0 Å². The molecule has 6 nitrogen and oxygen atoms in total. The van der Waals surface area contributed by atoms with Crippen LogP contribution < -0.4 is 5.32 Å². The van der Waals surface area contributed by atoms with Gasteiger partial charge in [0.05, 0.1) is 17.6 Å². The Bertz CT molecular complexity index is 1010. The number of fused-ring (bicyclic) bond motifs is 3. The number of aromatic nitrogens is 2. The molecule has 1 aromatic heterocycles. The van der Waals surface area contributed by atoms with Crippen molar-refractivity contribution in [2.75, 3.05) is 18.1 Å². The highest BCUT2D eigenvalue weighted by Gasteiger charge is 2.49. The lowest BCUT2D eigenvalue weighted by Crippen LogP contribution is -2.65. The fourth-order valence-corrected chi connectivity index (χ4v) is 6.19. The smallest absolute Gasteiger partial charge is 0.290 e. The number of nitrogens with zero attached hydrogens (tertiary/aromatic N) is 3. The highest BCUT2D eigenvalue weighted by atomic mass is 32.2. The number of benzene rings is 1. The summed E-state index contributed by atoms with van der Waals surface area (Å²) in [6.07, 6.45) is 5.38. The zero-order valence-electron chi connectivity index (χ0n) is 20.5. The van der Waals surface area contributed by atoms with Crippen LogP contribution in [0.5, 0.6) is 0 Å². The van der Waals surface area contributed by atoms with Gasteiger partial charge in [0.1, 0.15) is 5.54 Å².